The quantitative estimate of drug-likeness (QED) is 0.355. The average molecular weight is 716 g/mol. The fraction of sp³-hybridized carbons (Fsp3) is 0.515. The van der Waals surface area contributed by atoms with E-state index in [1.165, 1.54) is 12.1 Å². The maximum Gasteiger partial charge on any atom is 0.490 e. The summed E-state index contributed by atoms with van der Waals surface area (Å²) in [6.45, 7) is 8.05. The van der Waals surface area contributed by atoms with Gasteiger partial charge in [0.1, 0.15) is 11.2 Å². The number of benzene rings is 2. The molecule has 0 radical (unpaired) electrons. The smallest absolute Gasteiger partial charge is 0.475 e. The molecule has 3 fully saturated rings. The van der Waals surface area contributed by atoms with Crippen LogP contribution in [0.25, 0.3) is 0 Å². The first kappa shape index (κ1) is 35.9. The van der Waals surface area contributed by atoms with Crippen LogP contribution in [0.2, 0.25) is 10.0 Å². The number of amides is 3. The van der Waals surface area contributed by atoms with E-state index in [0.717, 1.165) is 18.4 Å². The lowest BCUT2D eigenvalue weighted by Gasteiger charge is -2.39. The molecule has 1 saturated carbocycles. The van der Waals surface area contributed by atoms with E-state index in [1.807, 2.05) is 17.0 Å². The minimum absolute atomic E-state index is 0.0787. The number of nitrogens with zero attached hydrogens (tertiary/aromatic N) is 2. The summed E-state index contributed by atoms with van der Waals surface area (Å²) in [6.07, 6.45) is -2.65. The second kappa shape index (κ2) is 13.1. The number of piperazine rings is 1. The van der Waals surface area contributed by atoms with E-state index in [2.05, 4.69) is 31.4 Å². The molecule has 2 saturated heterocycles. The highest BCUT2D eigenvalue weighted by Crippen LogP contribution is 2.57. The normalized spacial score (nSPS) is 25.4. The largest absolute Gasteiger partial charge is 0.490 e. The number of aliphatic carboxylic acids is 1. The Bertz CT molecular complexity index is 1620. The summed E-state index contributed by atoms with van der Waals surface area (Å²) in [5.74, 6) is -4.17. The van der Waals surface area contributed by atoms with Crippen LogP contribution in [-0.4, -0.2) is 83.0 Å². The lowest BCUT2D eigenvalue weighted by molar-refractivity contribution is -0.192. The summed E-state index contributed by atoms with van der Waals surface area (Å²) < 4.78 is 46.8. The van der Waals surface area contributed by atoms with Crippen molar-refractivity contribution >= 4 is 52.6 Å². The van der Waals surface area contributed by atoms with Crippen LogP contribution in [-0.2, 0) is 24.6 Å². The standard InChI is InChI=1S/C31H35Cl2FN4O3.C2HF3O2/c1-30(2,3)16-24-31(20-14-22(34)21(33)15-23(20)35-29(31)41)25(18-5-4-6-19(32)13-18)26(36-24)28(40)38-11-9-37(10-12-38)27(39)17-7-8-17;3-2(4,5)1(6)7/h4-6,13-15,17,24-26,36H,7-12,16H2,1-3H3,(H,35,41);(H,6,7)/t24-,25+,26-,31+;/m1./s1. The topological polar surface area (TPSA) is 119 Å². The third kappa shape index (κ3) is 7.00. The van der Waals surface area contributed by atoms with Gasteiger partial charge in [-0.05, 0) is 60.1 Å². The molecule has 2 aromatic carbocycles. The molecule has 0 aromatic heterocycles. The minimum atomic E-state index is -5.08. The van der Waals surface area contributed by atoms with Gasteiger partial charge in [0.2, 0.25) is 17.7 Å². The van der Waals surface area contributed by atoms with E-state index in [9.17, 15) is 27.6 Å². The molecule has 15 heteroatoms. The van der Waals surface area contributed by atoms with Gasteiger partial charge in [-0.2, -0.15) is 13.2 Å². The van der Waals surface area contributed by atoms with Gasteiger partial charge in [-0.15, -0.1) is 0 Å². The van der Waals surface area contributed by atoms with E-state index >= 15 is 4.39 Å². The molecule has 1 spiro atoms. The molecular weight excluding hydrogens is 679 g/mol. The van der Waals surface area contributed by atoms with Crippen LogP contribution in [0.3, 0.4) is 0 Å². The number of rotatable bonds is 4. The molecule has 3 N–H and O–H groups in total. The second-order valence-electron chi connectivity index (χ2n) is 13.9. The SMILES string of the molecule is CC(C)(C)C[C@H]1N[C@@H](C(=O)N2CCN(C(=O)C3CC3)CC2)[C@H](c2cccc(Cl)c2)[C@@]12C(=O)Nc1cc(Cl)c(F)cc12.O=C(O)C(F)(F)F. The zero-order valence-corrected chi connectivity index (χ0v) is 28.0. The molecule has 0 bridgehead atoms. The first-order chi connectivity index (χ1) is 22.3. The van der Waals surface area contributed by atoms with Crippen molar-refractivity contribution in [3.63, 3.8) is 0 Å². The van der Waals surface area contributed by atoms with E-state index in [1.54, 1.807) is 17.0 Å². The number of carbonyl (C=O) groups is 4. The molecular formula is C33H36Cl2F4N4O5. The monoisotopic (exact) mass is 714 g/mol. The Labute approximate surface area is 284 Å². The van der Waals surface area contributed by atoms with Crippen molar-refractivity contribution < 1.29 is 41.8 Å². The van der Waals surface area contributed by atoms with Crippen molar-refractivity contribution in [1.82, 2.24) is 15.1 Å². The number of anilines is 1. The van der Waals surface area contributed by atoms with Crippen molar-refractivity contribution in [1.29, 1.82) is 0 Å². The molecule has 9 nitrogen and oxygen atoms in total. The van der Waals surface area contributed by atoms with Crippen molar-refractivity contribution in [3.8, 4) is 0 Å². The minimum Gasteiger partial charge on any atom is -0.475 e. The number of carboxylic acids is 1. The van der Waals surface area contributed by atoms with Gasteiger partial charge in [0.05, 0.1) is 11.1 Å². The molecule has 260 valence electrons. The van der Waals surface area contributed by atoms with E-state index < -0.39 is 41.4 Å². The molecule has 4 aliphatic rings. The van der Waals surface area contributed by atoms with E-state index in [4.69, 9.17) is 33.1 Å². The van der Waals surface area contributed by atoms with Crippen molar-refractivity contribution in [2.45, 2.75) is 69.6 Å². The number of carboxylic acid groups (broad SMARTS) is 1. The Morgan fingerprint density at radius 2 is 1.56 bits per heavy atom. The highest BCUT2D eigenvalue weighted by molar-refractivity contribution is 6.31. The maximum absolute atomic E-state index is 15.1. The summed E-state index contributed by atoms with van der Waals surface area (Å²) in [7, 11) is 0. The summed E-state index contributed by atoms with van der Waals surface area (Å²) in [6, 6.07) is 8.77. The summed E-state index contributed by atoms with van der Waals surface area (Å²) in [5, 5.41) is 14.1. The van der Waals surface area contributed by atoms with Crippen LogP contribution < -0.4 is 10.6 Å². The van der Waals surface area contributed by atoms with Crippen LogP contribution in [0.1, 0.15) is 57.1 Å². The van der Waals surface area contributed by atoms with Crippen molar-refractivity contribution in [2.75, 3.05) is 31.5 Å². The van der Waals surface area contributed by atoms with Crippen LogP contribution in [0, 0.1) is 17.2 Å². The Morgan fingerprint density at radius 3 is 2.08 bits per heavy atom. The van der Waals surface area contributed by atoms with Gasteiger partial charge in [-0.1, -0.05) is 56.1 Å². The first-order valence-corrected chi connectivity index (χ1v) is 16.3. The number of hydrogen-bond acceptors (Lipinski definition) is 5. The Balaban J connectivity index is 0.000000582. The molecule has 6 rings (SSSR count). The third-order valence-electron chi connectivity index (χ3n) is 9.25. The average Bonchev–Trinajstić information content (AvgIpc) is 3.74. The van der Waals surface area contributed by atoms with Crippen LogP contribution in [0.15, 0.2) is 36.4 Å². The molecule has 3 heterocycles. The Hall–Kier alpha value is -3.42. The highest BCUT2D eigenvalue weighted by atomic mass is 35.5. The zero-order valence-electron chi connectivity index (χ0n) is 26.5. The fourth-order valence-corrected chi connectivity index (χ4v) is 7.42. The number of carbonyl (C=O) groups excluding carboxylic acids is 3. The maximum atomic E-state index is 15.1. The number of alkyl halides is 3. The summed E-state index contributed by atoms with van der Waals surface area (Å²) in [4.78, 5) is 53.8. The molecule has 0 unspecified atom stereocenters. The molecule has 4 atom stereocenters. The predicted octanol–water partition coefficient (Wildman–Crippen LogP) is 5.60. The first-order valence-electron chi connectivity index (χ1n) is 15.5. The molecule has 3 aliphatic heterocycles. The van der Waals surface area contributed by atoms with Gasteiger partial charge in [0.25, 0.3) is 0 Å². The van der Waals surface area contributed by atoms with Crippen molar-refractivity contribution in [3.05, 3.63) is 63.4 Å². The third-order valence-corrected chi connectivity index (χ3v) is 9.77. The number of halogens is 6. The zero-order chi connectivity index (χ0) is 35.3. The fourth-order valence-electron chi connectivity index (χ4n) is 7.05. The van der Waals surface area contributed by atoms with E-state index in [0.29, 0.717) is 48.9 Å². The Kier molecular flexibility index (Phi) is 9.81. The second-order valence-corrected chi connectivity index (χ2v) is 14.7. The van der Waals surface area contributed by atoms with E-state index in [-0.39, 0.29) is 34.1 Å². The molecule has 48 heavy (non-hydrogen) atoms. The number of nitrogens with one attached hydrogen (secondary N) is 2. The molecule has 3 amide bonds. The van der Waals surface area contributed by atoms with Gasteiger partial charge in [0.15, 0.2) is 0 Å². The predicted molar refractivity (Wildman–Crippen MR) is 170 cm³/mol. The summed E-state index contributed by atoms with van der Waals surface area (Å²) >= 11 is 12.6. The Morgan fingerprint density at radius 1 is 0.979 bits per heavy atom. The van der Waals surface area contributed by atoms with Crippen molar-refractivity contribution in [2.24, 2.45) is 11.3 Å². The highest BCUT2D eigenvalue weighted by Gasteiger charge is 2.66. The lowest BCUT2D eigenvalue weighted by Crippen LogP contribution is -2.55. The van der Waals surface area contributed by atoms with Crippen LogP contribution >= 0.6 is 23.2 Å². The van der Waals surface area contributed by atoms with Gasteiger partial charge < -0.3 is 25.5 Å². The van der Waals surface area contributed by atoms with Gasteiger partial charge in [0, 0.05) is 54.8 Å². The van der Waals surface area contributed by atoms with Gasteiger partial charge in [-0.25, -0.2) is 9.18 Å². The van der Waals surface area contributed by atoms with Crippen LogP contribution in [0.4, 0.5) is 23.2 Å². The van der Waals surface area contributed by atoms with Gasteiger partial charge >= 0.3 is 12.1 Å². The molecule has 2 aromatic rings. The number of fused-ring (bicyclic) bond motifs is 2. The summed E-state index contributed by atoms with van der Waals surface area (Å²) in [5.41, 5.74) is 0.161. The van der Waals surface area contributed by atoms with Gasteiger partial charge in [-0.3, -0.25) is 14.4 Å². The molecule has 1 aliphatic carbocycles. The van der Waals surface area contributed by atoms with Crippen LogP contribution in [0.5, 0.6) is 0 Å². The lowest BCUT2D eigenvalue weighted by atomic mass is 9.62. The number of hydrogen-bond donors (Lipinski definition) is 3.